The zero-order valence-corrected chi connectivity index (χ0v) is 14.4. The molecule has 7 heteroatoms. The maximum Gasteiger partial charge on any atom is 0.249 e. The highest BCUT2D eigenvalue weighted by Crippen LogP contribution is 2.25. The summed E-state index contributed by atoms with van der Waals surface area (Å²) >= 11 is 0. The summed E-state index contributed by atoms with van der Waals surface area (Å²) in [4.78, 5) is 27.6. The molecule has 3 aromatic rings. The minimum atomic E-state index is -0.547. The standard InChI is InChI=1S/C20H18N4O3/c25-18-8-7-15-5-1-2-6-16(15)17(18)13-23-24-20(27)10-19(26)22-12-14-4-3-9-21-11-14/h1-9,11,13,25H,10,12H2,(H,22,26)(H,24,27)/b23-13+. The van der Waals surface area contributed by atoms with Crippen molar-refractivity contribution in [1.82, 2.24) is 15.7 Å². The summed E-state index contributed by atoms with van der Waals surface area (Å²) in [5.74, 6) is -0.907. The SMILES string of the molecule is O=C(CC(=O)N/N=C/c1c(O)ccc2ccccc12)NCc1cccnc1. The van der Waals surface area contributed by atoms with Gasteiger partial charge in [0.05, 0.1) is 6.21 Å². The molecule has 1 heterocycles. The van der Waals surface area contributed by atoms with Crippen LogP contribution in [0.3, 0.4) is 0 Å². The Morgan fingerprint density at radius 2 is 1.93 bits per heavy atom. The van der Waals surface area contributed by atoms with Gasteiger partial charge in [0.1, 0.15) is 12.2 Å². The van der Waals surface area contributed by atoms with Gasteiger partial charge in [-0.15, -0.1) is 0 Å². The van der Waals surface area contributed by atoms with Crippen molar-refractivity contribution in [2.24, 2.45) is 5.10 Å². The lowest BCUT2D eigenvalue weighted by molar-refractivity contribution is -0.129. The fourth-order valence-electron chi connectivity index (χ4n) is 2.54. The van der Waals surface area contributed by atoms with Crippen LogP contribution in [-0.4, -0.2) is 28.1 Å². The van der Waals surface area contributed by atoms with E-state index >= 15 is 0 Å². The van der Waals surface area contributed by atoms with Gasteiger partial charge < -0.3 is 10.4 Å². The Kier molecular flexibility index (Phi) is 5.73. The molecule has 0 aliphatic heterocycles. The summed E-state index contributed by atoms with van der Waals surface area (Å²) < 4.78 is 0. The van der Waals surface area contributed by atoms with Crippen molar-refractivity contribution in [2.45, 2.75) is 13.0 Å². The number of carbonyl (C=O) groups is 2. The molecule has 1 aromatic heterocycles. The number of rotatable bonds is 6. The third-order valence-electron chi connectivity index (χ3n) is 3.86. The summed E-state index contributed by atoms with van der Waals surface area (Å²) in [7, 11) is 0. The number of pyridine rings is 1. The maximum atomic E-state index is 11.8. The average Bonchev–Trinajstić information content (AvgIpc) is 2.69. The molecule has 0 fully saturated rings. The largest absolute Gasteiger partial charge is 0.507 e. The quantitative estimate of drug-likeness (QED) is 0.355. The van der Waals surface area contributed by atoms with E-state index in [1.165, 1.54) is 6.21 Å². The fraction of sp³-hybridized carbons (Fsp3) is 0.100. The van der Waals surface area contributed by atoms with Crippen molar-refractivity contribution in [3.63, 3.8) is 0 Å². The summed E-state index contributed by atoms with van der Waals surface area (Å²) in [6, 6.07) is 14.5. The minimum absolute atomic E-state index is 0.0564. The maximum absolute atomic E-state index is 11.8. The van der Waals surface area contributed by atoms with Crippen molar-refractivity contribution in [1.29, 1.82) is 0 Å². The first-order valence-electron chi connectivity index (χ1n) is 8.31. The van der Waals surface area contributed by atoms with E-state index in [0.717, 1.165) is 16.3 Å². The molecule has 0 saturated heterocycles. The molecule has 0 bridgehead atoms. The summed E-state index contributed by atoms with van der Waals surface area (Å²) in [6.45, 7) is 0.299. The second-order valence-corrected chi connectivity index (χ2v) is 5.83. The van der Waals surface area contributed by atoms with Crippen LogP contribution in [0.4, 0.5) is 0 Å². The van der Waals surface area contributed by atoms with Gasteiger partial charge >= 0.3 is 0 Å². The molecule has 2 aromatic carbocycles. The molecule has 0 aliphatic carbocycles. The molecule has 0 spiro atoms. The van der Waals surface area contributed by atoms with E-state index in [0.29, 0.717) is 12.1 Å². The number of nitrogens with one attached hydrogen (secondary N) is 2. The van der Waals surface area contributed by atoms with Crippen molar-refractivity contribution < 1.29 is 14.7 Å². The lowest BCUT2D eigenvalue weighted by Gasteiger charge is -2.05. The predicted molar refractivity (Wildman–Crippen MR) is 102 cm³/mol. The Balaban J connectivity index is 1.55. The zero-order valence-electron chi connectivity index (χ0n) is 14.4. The summed E-state index contributed by atoms with van der Waals surface area (Å²) in [5.41, 5.74) is 3.64. The molecule has 0 unspecified atom stereocenters. The minimum Gasteiger partial charge on any atom is -0.507 e. The molecular formula is C20H18N4O3. The Bertz CT molecular complexity index is 987. The van der Waals surface area contributed by atoms with E-state index in [-0.39, 0.29) is 12.2 Å². The first-order chi connectivity index (χ1) is 13.1. The topological polar surface area (TPSA) is 104 Å². The van der Waals surface area contributed by atoms with Gasteiger partial charge in [-0.2, -0.15) is 5.10 Å². The van der Waals surface area contributed by atoms with E-state index in [1.54, 1.807) is 30.6 Å². The van der Waals surface area contributed by atoms with E-state index < -0.39 is 11.8 Å². The lowest BCUT2D eigenvalue weighted by Crippen LogP contribution is -2.29. The number of carbonyl (C=O) groups excluding carboxylic acids is 2. The van der Waals surface area contributed by atoms with Gasteiger partial charge in [0.25, 0.3) is 0 Å². The van der Waals surface area contributed by atoms with Crippen LogP contribution in [0.1, 0.15) is 17.5 Å². The van der Waals surface area contributed by atoms with Crippen LogP contribution in [-0.2, 0) is 16.1 Å². The van der Waals surface area contributed by atoms with Gasteiger partial charge in [-0.05, 0) is 28.5 Å². The van der Waals surface area contributed by atoms with Crippen molar-refractivity contribution in [2.75, 3.05) is 0 Å². The highest BCUT2D eigenvalue weighted by Gasteiger charge is 2.09. The van der Waals surface area contributed by atoms with Crippen LogP contribution in [0.2, 0.25) is 0 Å². The predicted octanol–water partition coefficient (Wildman–Crippen LogP) is 2.10. The van der Waals surface area contributed by atoms with Gasteiger partial charge in [0.2, 0.25) is 11.8 Å². The molecule has 0 atom stereocenters. The third-order valence-corrected chi connectivity index (χ3v) is 3.86. The summed E-state index contributed by atoms with van der Waals surface area (Å²) in [5, 5.41) is 18.3. The average molecular weight is 362 g/mol. The second-order valence-electron chi connectivity index (χ2n) is 5.83. The number of fused-ring (bicyclic) bond motifs is 1. The van der Waals surface area contributed by atoms with Gasteiger partial charge in [0.15, 0.2) is 0 Å². The number of amides is 2. The fourth-order valence-corrected chi connectivity index (χ4v) is 2.54. The third kappa shape index (κ3) is 4.88. The van der Waals surface area contributed by atoms with Crippen LogP contribution >= 0.6 is 0 Å². The second kappa shape index (κ2) is 8.57. The summed E-state index contributed by atoms with van der Waals surface area (Å²) in [6.07, 6.45) is 4.30. The van der Waals surface area contributed by atoms with Crippen LogP contribution in [0.5, 0.6) is 5.75 Å². The highest BCUT2D eigenvalue weighted by atomic mass is 16.3. The normalized spacial score (nSPS) is 10.8. The van der Waals surface area contributed by atoms with Crippen LogP contribution in [0.25, 0.3) is 10.8 Å². The first kappa shape index (κ1) is 18.1. The van der Waals surface area contributed by atoms with Gasteiger partial charge in [0, 0.05) is 24.5 Å². The Hall–Kier alpha value is -3.74. The van der Waals surface area contributed by atoms with Gasteiger partial charge in [-0.3, -0.25) is 14.6 Å². The van der Waals surface area contributed by atoms with Crippen molar-refractivity contribution in [3.05, 3.63) is 72.1 Å². The van der Waals surface area contributed by atoms with E-state index in [1.807, 2.05) is 30.3 Å². The molecular weight excluding hydrogens is 344 g/mol. The number of phenols is 1. The number of hydrogen-bond acceptors (Lipinski definition) is 5. The number of nitrogens with zero attached hydrogens (tertiary/aromatic N) is 2. The monoisotopic (exact) mass is 362 g/mol. The molecule has 0 saturated carbocycles. The number of aromatic nitrogens is 1. The molecule has 3 rings (SSSR count). The van der Waals surface area contributed by atoms with E-state index in [4.69, 9.17) is 0 Å². The molecule has 0 radical (unpaired) electrons. The van der Waals surface area contributed by atoms with Crippen molar-refractivity contribution >= 4 is 28.8 Å². The van der Waals surface area contributed by atoms with Gasteiger partial charge in [-0.25, -0.2) is 5.43 Å². The Morgan fingerprint density at radius 3 is 2.74 bits per heavy atom. The molecule has 7 nitrogen and oxygen atoms in total. The molecule has 27 heavy (non-hydrogen) atoms. The zero-order chi connectivity index (χ0) is 19.1. The number of hydrogen-bond donors (Lipinski definition) is 3. The smallest absolute Gasteiger partial charge is 0.249 e. The van der Waals surface area contributed by atoms with E-state index in [2.05, 4.69) is 20.8 Å². The Morgan fingerprint density at radius 1 is 1.07 bits per heavy atom. The number of benzene rings is 2. The van der Waals surface area contributed by atoms with E-state index in [9.17, 15) is 14.7 Å². The molecule has 2 amide bonds. The first-order valence-corrected chi connectivity index (χ1v) is 8.31. The molecule has 3 N–H and O–H groups in total. The number of hydrazone groups is 1. The lowest BCUT2D eigenvalue weighted by atomic mass is 10.0. The van der Waals surface area contributed by atoms with Crippen LogP contribution in [0.15, 0.2) is 66.0 Å². The molecule has 136 valence electrons. The van der Waals surface area contributed by atoms with Gasteiger partial charge in [-0.1, -0.05) is 36.4 Å². The van der Waals surface area contributed by atoms with Crippen molar-refractivity contribution in [3.8, 4) is 5.75 Å². The number of phenolic OH excluding ortho intramolecular Hbond substituents is 1. The highest BCUT2D eigenvalue weighted by molar-refractivity contribution is 6.03. The molecule has 0 aliphatic rings. The number of aromatic hydroxyl groups is 1. The van der Waals surface area contributed by atoms with Crippen LogP contribution < -0.4 is 10.7 Å². The Labute approximate surface area is 155 Å². The van der Waals surface area contributed by atoms with Crippen LogP contribution in [0, 0.1) is 0 Å².